The van der Waals surface area contributed by atoms with Crippen molar-refractivity contribution in [3.63, 3.8) is 0 Å². The summed E-state index contributed by atoms with van der Waals surface area (Å²) in [6, 6.07) is -0.752. The number of carboxylic acids is 1. The Morgan fingerprint density at radius 1 is 1.64 bits per heavy atom. The van der Waals surface area contributed by atoms with Crippen LogP contribution in [0.1, 0.15) is 13.3 Å². The summed E-state index contributed by atoms with van der Waals surface area (Å²) in [6.45, 7) is 1.91. The maximum Gasteiger partial charge on any atom is 0.411 e. The van der Waals surface area contributed by atoms with Gasteiger partial charge in [-0.15, -0.1) is 11.8 Å². The van der Waals surface area contributed by atoms with Crippen molar-refractivity contribution >= 4 is 23.8 Å². The molecule has 5 nitrogen and oxygen atoms in total. The molecule has 0 radical (unpaired) electrons. The van der Waals surface area contributed by atoms with E-state index in [9.17, 15) is 9.59 Å². The highest BCUT2D eigenvalue weighted by molar-refractivity contribution is 8.00. The predicted molar refractivity (Wildman–Crippen MR) is 52.2 cm³/mol. The smallest absolute Gasteiger partial charge is 0.411 e. The number of amides is 1. The predicted octanol–water partition coefficient (Wildman–Crippen LogP) is 0.991. The first-order valence-corrected chi connectivity index (χ1v) is 5.37. The molecule has 0 aromatic heterocycles. The van der Waals surface area contributed by atoms with Crippen molar-refractivity contribution < 1.29 is 19.4 Å². The Labute approximate surface area is 86.4 Å². The summed E-state index contributed by atoms with van der Waals surface area (Å²) >= 11 is 1.47. The first kappa shape index (κ1) is 11.2. The van der Waals surface area contributed by atoms with Crippen LogP contribution < -0.4 is 0 Å². The minimum atomic E-state index is -0.973. The largest absolute Gasteiger partial charge is 0.480 e. The topological polar surface area (TPSA) is 66.8 Å². The number of nitrogens with zero attached hydrogens (tertiary/aromatic N) is 1. The maximum atomic E-state index is 11.3. The minimum Gasteiger partial charge on any atom is -0.480 e. The number of carbonyl (C=O) groups excluding carboxylic acids is 1. The molecule has 80 valence electrons. The number of aliphatic carboxylic acids is 1. The highest BCUT2D eigenvalue weighted by Gasteiger charge is 2.41. The van der Waals surface area contributed by atoms with Crippen LogP contribution in [0.25, 0.3) is 0 Å². The molecule has 0 saturated carbocycles. The monoisotopic (exact) mass is 219 g/mol. The summed E-state index contributed by atoms with van der Waals surface area (Å²) in [5.41, 5.74) is 0. The molecule has 6 heteroatoms. The van der Waals surface area contributed by atoms with Gasteiger partial charge in [-0.2, -0.15) is 0 Å². The average Bonchev–Trinajstić information content (AvgIpc) is 2.59. The highest BCUT2D eigenvalue weighted by atomic mass is 32.2. The van der Waals surface area contributed by atoms with E-state index in [2.05, 4.69) is 4.74 Å². The number of hydrogen-bond acceptors (Lipinski definition) is 4. The molecular weight excluding hydrogens is 206 g/mol. The molecule has 14 heavy (non-hydrogen) atoms. The zero-order chi connectivity index (χ0) is 10.7. The van der Waals surface area contributed by atoms with Gasteiger partial charge in [0.1, 0.15) is 6.04 Å². The summed E-state index contributed by atoms with van der Waals surface area (Å²) < 4.78 is 4.56. The van der Waals surface area contributed by atoms with Gasteiger partial charge < -0.3 is 9.84 Å². The van der Waals surface area contributed by atoms with Gasteiger partial charge in [0.25, 0.3) is 0 Å². The molecule has 0 bridgehead atoms. The van der Waals surface area contributed by atoms with Gasteiger partial charge in [0.05, 0.1) is 12.5 Å². The molecule has 1 N–H and O–H groups in total. The summed E-state index contributed by atoms with van der Waals surface area (Å²) in [7, 11) is 1.26. The zero-order valence-corrected chi connectivity index (χ0v) is 8.91. The SMILES string of the molecule is CCC1SCC(C(=O)O)N1C(=O)OC. The lowest BCUT2D eigenvalue weighted by Crippen LogP contribution is -2.45. The average molecular weight is 219 g/mol. The summed E-state index contributed by atoms with van der Waals surface area (Å²) in [4.78, 5) is 23.5. The first-order valence-electron chi connectivity index (χ1n) is 4.32. The van der Waals surface area contributed by atoms with E-state index in [0.29, 0.717) is 5.75 Å². The Morgan fingerprint density at radius 3 is 2.71 bits per heavy atom. The molecular formula is C8H13NO4S. The Morgan fingerprint density at radius 2 is 2.29 bits per heavy atom. The maximum absolute atomic E-state index is 11.3. The third kappa shape index (κ3) is 1.95. The highest BCUT2D eigenvalue weighted by Crippen LogP contribution is 2.31. The fourth-order valence-electron chi connectivity index (χ4n) is 1.42. The van der Waals surface area contributed by atoms with E-state index < -0.39 is 18.1 Å². The standard InChI is InChI=1S/C8H13NO4S/c1-3-6-9(8(12)13-2)5(4-14-6)7(10)11/h5-6H,3-4H2,1-2H3,(H,10,11). The number of hydrogen-bond donors (Lipinski definition) is 1. The van der Waals surface area contributed by atoms with Crippen molar-refractivity contribution in [1.29, 1.82) is 0 Å². The van der Waals surface area contributed by atoms with E-state index in [1.165, 1.54) is 23.8 Å². The van der Waals surface area contributed by atoms with E-state index in [0.717, 1.165) is 6.42 Å². The van der Waals surface area contributed by atoms with Crippen LogP contribution in [0, 0.1) is 0 Å². The van der Waals surface area contributed by atoms with Gasteiger partial charge in [0, 0.05) is 5.75 Å². The normalized spacial score (nSPS) is 26.3. The van der Waals surface area contributed by atoms with Crippen LogP contribution in [0.2, 0.25) is 0 Å². The Balaban J connectivity index is 2.80. The quantitative estimate of drug-likeness (QED) is 0.750. The molecule has 0 aromatic carbocycles. The van der Waals surface area contributed by atoms with E-state index in [1.807, 2.05) is 6.92 Å². The number of ether oxygens (including phenoxy) is 1. The lowest BCUT2D eigenvalue weighted by atomic mass is 10.3. The van der Waals surface area contributed by atoms with Gasteiger partial charge in [0.15, 0.2) is 0 Å². The fourth-order valence-corrected chi connectivity index (χ4v) is 2.76. The molecule has 1 aliphatic rings. The van der Waals surface area contributed by atoms with Crippen molar-refractivity contribution in [2.24, 2.45) is 0 Å². The van der Waals surface area contributed by atoms with E-state index in [4.69, 9.17) is 5.11 Å². The van der Waals surface area contributed by atoms with Crippen molar-refractivity contribution in [3.8, 4) is 0 Å². The van der Waals surface area contributed by atoms with Gasteiger partial charge in [-0.3, -0.25) is 4.90 Å². The zero-order valence-electron chi connectivity index (χ0n) is 8.10. The first-order chi connectivity index (χ1) is 6.61. The second-order valence-electron chi connectivity index (χ2n) is 2.93. The molecule has 1 aliphatic heterocycles. The number of carbonyl (C=O) groups is 2. The Bertz CT molecular complexity index is 245. The van der Waals surface area contributed by atoms with E-state index in [-0.39, 0.29) is 5.37 Å². The molecule has 0 aromatic rings. The lowest BCUT2D eigenvalue weighted by Gasteiger charge is -2.24. The van der Waals surface area contributed by atoms with Crippen molar-refractivity contribution in [2.45, 2.75) is 24.8 Å². The van der Waals surface area contributed by atoms with Crippen LogP contribution in [-0.4, -0.2) is 46.3 Å². The number of thioether (sulfide) groups is 1. The van der Waals surface area contributed by atoms with Crippen molar-refractivity contribution in [2.75, 3.05) is 12.9 Å². The van der Waals surface area contributed by atoms with Crippen LogP contribution in [0.3, 0.4) is 0 Å². The van der Waals surface area contributed by atoms with Crippen molar-refractivity contribution in [3.05, 3.63) is 0 Å². The van der Waals surface area contributed by atoms with Crippen LogP contribution in [0.5, 0.6) is 0 Å². The third-order valence-electron chi connectivity index (χ3n) is 2.11. The van der Waals surface area contributed by atoms with Crippen molar-refractivity contribution in [1.82, 2.24) is 4.90 Å². The second kappa shape index (κ2) is 4.54. The van der Waals surface area contributed by atoms with Gasteiger partial charge in [-0.25, -0.2) is 9.59 Å². The van der Waals surface area contributed by atoms with E-state index in [1.54, 1.807) is 0 Å². The molecule has 2 atom stereocenters. The molecule has 1 rings (SSSR count). The second-order valence-corrected chi connectivity index (χ2v) is 4.14. The molecule has 0 aliphatic carbocycles. The number of methoxy groups -OCH3 is 1. The molecule has 0 spiro atoms. The summed E-state index contributed by atoms with van der Waals surface area (Å²) in [5, 5.41) is 8.80. The van der Waals surface area contributed by atoms with Crippen LogP contribution in [-0.2, 0) is 9.53 Å². The van der Waals surface area contributed by atoms with Gasteiger partial charge in [0.2, 0.25) is 0 Å². The lowest BCUT2D eigenvalue weighted by molar-refractivity contribution is -0.141. The number of rotatable bonds is 2. The third-order valence-corrected chi connectivity index (χ3v) is 3.57. The molecule has 2 unspecified atom stereocenters. The van der Waals surface area contributed by atoms with Crippen LogP contribution in [0.15, 0.2) is 0 Å². The minimum absolute atomic E-state index is 0.0800. The van der Waals surface area contributed by atoms with Gasteiger partial charge in [-0.1, -0.05) is 6.92 Å². The summed E-state index contributed by atoms with van der Waals surface area (Å²) in [6.07, 6.45) is 0.165. The van der Waals surface area contributed by atoms with Crippen LogP contribution in [0.4, 0.5) is 4.79 Å². The van der Waals surface area contributed by atoms with Gasteiger partial charge in [-0.05, 0) is 6.42 Å². The van der Waals surface area contributed by atoms with E-state index >= 15 is 0 Å². The van der Waals surface area contributed by atoms with Crippen LogP contribution >= 0.6 is 11.8 Å². The van der Waals surface area contributed by atoms with Gasteiger partial charge >= 0.3 is 12.1 Å². The fraction of sp³-hybridized carbons (Fsp3) is 0.750. The molecule has 1 amide bonds. The molecule has 1 heterocycles. The molecule has 1 fully saturated rings. The molecule has 1 saturated heterocycles. The Hall–Kier alpha value is -0.910. The summed E-state index contributed by atoms with van der Waals surface area (Å²) in [5.74, 6) is -0.540. The Kier molecular flexibility index (Phi) is 3.62. The number of carboxylic acid groups (broad SMARTS) is 1.